The summed E-state index contributed by atoms with van der Waals surface area (Å²) >= 11 is 0. The summed E-state index contributed by atoms with van der Waals surface area (Å²) in [5.41, 5.74) is 0.985. The van der Waals surface area contributed by atoms with Gasteiger partial charge < -0.3 is 16.0 Å². The number of carbonyl (C=O) groups is 2. The molecule has 3 N–H and O–H groups in total. The Balaban J connectivity index is 1.64. The molecule has 0 spiro atoms. The largest absolute Gasteiger partial charge is 0.416 e. The molecule has 10 heteroatoms. The van der Waals surface area contributed by atoms with Crippen molar-refractivity contribution in [1.29, 1.82) is 0 Å². The second-order valence-electron chi connectivity index (χ2n) is 7.39. The molecule has 178 valence electrons. The first-order chi connectivity index (χ1) is 16.1. The van der Waals surface area contributed by atoms with E-state index in [1.165, 1.54) is 41.3 Å². The van der Waals surface area contributed by atoms with Crippen molar-refractivity contribution < 1.29 is 27.2 Å². The number of benzene rings is 3. The summed E-state index contributed by atoms with van der Waals surface area (Å²) in [6, 6.07) is 15.4. The van der Waals surface area contributed by atoms with E-state index in [2.05, 4.69) is 16.0 Å². The van der Waals surface area contributed by atoms with Crippen LogP contribution in [0.5, 0.6) is 0 Å². The van der Waals surface area contributed by atoms with Gasteiger partial charge in [0.25, 0.3) is 0 Å². The smallest absolute Gasteiger partial charge is 0.336 e. The highest BCUT2D eigenvalue weighted by molar-refractivity contribution is 6.01. The van der Waals surface area contributed by atoms with Crippen LogP contribution in [0, 0.1) is 12.7 Å². The normalized spacial score (nSPS) is 11.0. The maximum Gasteiger partial charge on any atom is 0.416 e. The van der Waals surface area contributed by atoms with E-state index in [1.54, 1.807) is 18.2 Å². The number of nitrogens with one attached hydrogen (secondary N) is 3. The fourth-order valence-electron chi connectivity index (χ4n) is 3.11. The number of carbonyl (C=O) groups excluding carboxylic acids is 2. The third-order valence-electron chi connectivity index (χ3n) is 4.72. The van der Waals surface area contributed by atoms with Gasteiger partial charge in [-0.3, -0.25) is 4.90 Å². The van der Waals surface area contributed by atoms with Crippen molar-refractivity contribution in [1.82, 2.24) is 5.32 Å². The van der Waals surface area contributed by atoms with Crippen LogP contribution >= 0.6 is 0 Å². The summed E-state index contributed by atoms with van der Waals surface area (Å²) in [7, 11) is 0. The molecule has 0 aliphatic heterocycles. The Kier molecular flexibility index (Phi) is 7.72. The van der Waals surface area contributed by atoms with Crippen molar-refractivity contribution in [3.8, 4) is 0 Å². The number of hydrogen-bond acceptors (Lipinski definition) is 2. The van der Waals surface area contributed by atoms with Crippen LogP contribution in [-0.2, 0) is 6.18 Å². The second kappa shape index (κ2) is 10.7. The molecule has 0 unspecified atom stereocenters. The number of rotatable bonds is 6. The number of amides is 4. The average molecular weight is 474 g/mol. The predicted molar refractivity (Wildman–Crippen MR) is 122 cm³/mol. The fourth-order valence-corrected chi connectivity index (χ4v) is 3.11. The minimum atomic E-state index is -4.53. The molecule has 0 aliphatic carbocycles. The van der Waals surface area contributed by atoms with Crippen LogP contribution in [0.15, 0.2) is 72.8 Å². The van der Waals surface area contributed by atoms with Gasteiger partial charge >= 0.3 is 18.2 Å². The lowest BCUT2D eigenvalue weighted by Crippen LogP contribution is -2.42. The lowest BCUT2D eigenvalue weighted by atomic mass is 10.2. The molecule has 0 heterocycles. The minimum absolute atomic E-state index is 0.0132. The Bertz CT molecular complexity index is 1150. The fraction of sp³-hybridized carbons (Fsp3) is 0.167. The van der Waals surface area contributed by atoms with Crippen LogP contribution in [0.1, 0.15) is 11.1 Å². The molecular formula is C24H22F4N4O2. The number of halogens is 4. The first-order valence-electron chi connectivity index (χ1n) is 10.2. The SMILES string of the molecule is Cc1cccc(NC(=O)N(CCNC(=O)Nc2cccc(C(F)(F)F)c2)c2ccc(F)cc2)c1. The van der Waals surface area contributed by atoms with Crippen molar-refractivity contribution >= 4 is 29.1 Å². The van der Waals surface area contributed by atoms with Crippen molar-refractivity contribution in [3.05, 3.63) is 89.7 Å². The van der Waals surface area contributed by atoms with Gasteiger partial charge in [-0.2, -0.15) is 13.2 Å². The number of urea groups is 2. The van der Waals surface area contributed by atoms with Crippen LogP contribution in [0.25, 0.3) is 0 Å². The van der Waals surface area contributed by atoms with Crippen LogP contribution in [0.2, 0.25) is 0 Å². The van der Waals surface area contributed by atoms with Crippen LogP contribution in [-0.4, -0.2) is 25.2 Å². The number of hydrogen-bond donors (Lipinski definition) is 3. The van der Waals surface area contributed by atoms with E-state index in [0.717, 1.165) is 17.7 Å². The van der Waals surface area contributed by atoms with Gasteiger partial charge in [-0.05, 0) is 67.1 Å². The van der Waals surface area contributed by atoms with Gasteiger partial charge in [0, 0.05) is 30.2 Å². The molecule has 4 amide bonds. The second-order valence-corrected chi connectivity index (χ2v) is 7.39. The molecule has 0 aromatic heterocycles. The highest BCUT2D eigenvalue weighted by Gasteiger charge is 2.30. The van der Waals surface area contributed by atoms with E-state index < -0.39 is 29.6 Å². The Labute approximate surface area is 193 Å². The first-order valence-corrected chi connectivity index (χ1v) is 10.2. The molecule has 0 bridgehead atoms. The van der Waals surface area contributed by atoms with E-state index in [4.69, 9.17) is 0 Å². The zero-order chi connectivity index (χ0) is 24.7. The first kappa shape index (κ1) is 24.6. The van der Waals surface area contributed by atoms with Gasteiger partial charge in [-0.25, -0.2) is 14.0 Å². The van der Waals surface area contributed by atoms with Gasteiger partial charge in [0.05, 0.1) is 5.56 Å². The highest BCUT2D eigenvalue weighted by atomic mass is 19.4. The zero-order valence-corrected chi connectivity index (χ0v) is 18.1. The lowest BCUT2D eigenvalue weighted by molar-refractivity contribution is -0.137. The number of alkyl halides is 3. The molecule has 3 rings (SSSR count). The van der Waals surface area contributed by atoms with E-state index in [0.29, 0.717) is 11.4 Å². The van der Waals surface area contributed by atoms with Crippen LogP contribution < -0.4 is 20.9 Å². The zero-order valence-electron chi connectivity index (χ0n) is 18.1. The molecule has 3 aromatic rings. The predicted octanol–water partition coefficient (Wildman–Crippen LogP) is 6.01. The Morgan fingerprint density at radius 2 is 1.53 bits per heavy atom. The third kappa shape index (κ3) is 6.96. The third-order valence-corrected chi connectivity index (χ3v) is 4.72. The molecule has 0 fully saturated rings. The van der Waals surface area contributed by atoms with Gasteiger partial charge in [-0.15, -0.1) is 0 Å². The summed E-state index contributed by atoms with van der Waals surface area (Å²) in [5.74, 6) is -0.471. The quantitative estimate of drug-likeness (QED) is 0.383. The van der Waals surface area contributed by atoms with Gasteiger partial charge in [0.1, 0.15) is 5.82 Å². The summed E-state index contributed by atoms with van der Waals surface area (Å²) in [4.78, 5) is 26.4. The maximum atomic E-state index is 13.4. The highest BCUT2D eigenvalue weighted by Crippen LogP contribution is 2.30. The lowest BCUT2D eigenvalue weighted by Gasteiger charge is -2.23. The molecular weight excluding hydrogens is 452 g/mol. The van der Waals surface area contributed by atoms with Crippen molar-refractivity contribution in [3.63, 3.8) is 0 Å². The van der Waals surface area contributed by atoms with Gasteiger partial charge in [-0.1, -0.05) is 18.2 Å². The molecule has 0 saturated carbocycles. The minimum Gasteiger partial charge on any atom is -0.336 e. The molecule has 0 radical (unpaired) electrons. The summed E-state index contributed by atoms with van der Waals surface area (Å²) in [5, 5.41) is 7.59. The van der Waals surface area contributed by atoms with Gasteiger partial charge in [0.15, 0.2) is 0 Å². The van der Waals surface area contributed by atoms with E-state index in [9.17, 15) is 27.2 Å². The van der Waals surface area contributed by atoms with Crippen molar-refractivity contribution in [2.75, 3.05) is 28.6 Å². The number of anilines is 3. The standard InChI is InChI=1S/C24H22F4N4O2/c1-16-4-2-6-19(14-16)31-23(34)32(21-10-8-18(25)9-11-21)13-12-29-22(33)30-20-7-3-5-17(15-20)24(26,27)28/h2-11,14-15H,12-13H2,1H3,(H,31,34)(H2,29,30,33). The Morgan fingerprint density at radius 3 is 2.18 bits per heavy atom. The van der Waals surface area contributed by atoms with E-state index >= 15 is 0 Å². The summed E-state index contributed by atoms with van der Waals surface area (Å²) in [6.45, 7) is 1.86. The van der Waals surface area contributed by atoms with Crippen LogP contribution in [0.3, 0.4) is 0 Å². The molecule has 0 saturated heterocycles. The van der Waals surface area contributed by atoms with Gasteiger partial charge in [0.2, 0.25) is 0 Å². The average Bonchev–Trinajstić information content (AvgIpc) is 2.77. The molecule has 0 aliphatic rings. The Hall–Kier alpha value is -4.08. The molecule has 6 nitrogen and oxygen atoms in total. The monoisotopic (exact) mass is 474 g/mol. The molecule has 34 heavy (non-hydrogen) atoms. The maximum absolute atomic E-state index is 13.4. The van der Waals surface area contributed by atoms with Crippen molar-refractivity contribution in [2.24, 2.45) is 0 Å². The number of aryl methyl sites for hydroxylation is 1. The van der Waals surface area contributed by atoms with Crippen LogP contribution in [0.4, 0.5) is 44.2 Å². The van der Waals surface area contributed by atoms with E-state index in [-0.39, 0.29) is 18.8 Å². The summed E-state index contributed by atoms with van der Waals surface area (Å²) in [6.07, 6.45) is -4.53. The van der Waals surface area contributed by atoms with E-state index in [1.807, 2.05) is 13.0 Å². The molecule has 0 atom stereocenters. The topological polar surface area (TPSA) is 73.5 Å². The Morgan fingerprint density at radius 1 is 0.882 bits per heavy atom. The molecule has 3 aromatic carbocycles. The van der Waals surface area contributed by atoms with Crippen molar-refractivity contribution in [2.45, 2.75) is 13.1 Å². The number of nitrogens with zero attached hydrogens (tertiary/aromatic N) is 1. The summed E-state index contributed by atoms with van der Waals surface area (Å²) < 4.78 is 51.9.